The second-order valence-corrected chi connectivity index (χ2v) is 6.93. The number of nitrogens with one attached hydrogen (secondary N) is 1. The molecule has 7 heteroatoms. The Bertz CT molecular complexity index is 1020. The fourth-order valence-corrected chi connectivity index (χ4v) is 3.40. The molecule has 2 unspecified atom stereocenters. The van der Waals surface area contributed by atoms with Crippen LogP contribution in [0, 0.1) is 0 Å². The van der Waals surface area contributed by atoms with Crippen molar-refractivity contribution in [2.24, 2.45) is 14.1 Å². The summed E-state index contributed by atoms with van der Waals surface area (Å²) >= 11 is 0. The molecule has 0 saturated heterocycles. The van der Waals surface area contributed by atoms with Crippen molar-refractivity contribution in [3.63, 3.8) is 0 Å². The molecular weight excluding hydrogens is 330 g/mol. The van der Waals surface area contributed by atoms with Crippen LogP contribution in [-0.2, 0) is 27.1 Å². The first-order valence-electron chi connectivity index (χ1n) is 8.79. The number of benzene rings is 1. The summed E-state index contributed by atoms with van der Waals surface area (Å²) in [5, 5.41) is 3.57. The van der Waals surface area contributed by atoms with Crippen LogP contribution in [0.3, 0.4) is 0 Å². The molecule has 0 radical (unpaired) electrons. The van der Waals surface area contributed by atoms with Crippen molar-refractivity contribution in [1.82, 2.24) is 24.0 Å². The third-order valence-electron chi connectivity index (χ3n) is 4.64. The molecule has 0 aliphatic rings. The Morgan fingerprint density at radius 3 is 2.42 bits per heavy atom. The lowest BCUT2D eigenvalue weighted by atomic mass is 10.1. The lowest BCUT2D eigenvalue weighted by molar-refractivity contribution is 0.424. The van der Waals surface area contributed by atoms with Gasteiger partial charge in [0.2, 0.25) is 0 Å². The van der Waals surface area contributed by atoms with Gasteiger partial charge in [-0.15, -0.1) is 0 Å². The Balaban J connectivity index is 1.77. The molecule has 0 amide bonds. The van der Waals surface area contributed by atoms with Crippen LogP contribution in [-0.4, -0.2) is 30.8 Å². The second kappa shape index (κ2) is 7.29. The summed E-state index contributed by atoms with van der Waals surface area (Å²) in [4.78, 5) is 28.8. The third kappa shape index (κ3) is 3.48. The maximum absolute atomic E-state index is 12.5. The molecular formula is C19H25N5O2. The summed E-state index contributed by atoms with van der Waals surface area (Å²) in [7, 11) is 3.12. The molecule has 3 aromatic rings. The maximum atomic E-state index is 12.5. The van der Waals surface area contributed by atoms with Crippen molar-refractivity contribution < 1.29 is 0 Å². The molecule has 138 valence electrons. The maximum Gasteiger partial charge on any atom is 0.332 e. The number of hydrogen-bond acceptors (Lipinski definition) is 4. The molecule has 26 heavy (non-hydrogen) atoms. The minimum Gasteiger partial charge on any atom is -0.323 e. The zero-order valence-corrected chi connectivity index (χ0v) is 15.6. The monoisotopic (exact) mass is 355 g/mol. The highest BCUT2D eigenvalue weighted by Gasteiger charge is 2.16. The highest BCUT2D eigenvalue weighted by molar-refractivity contribution is 5.69. The SMILES string of the molecule is CC(Cc1ccccc1)NC(C)Cn1cnc2c1c(=O)n(C)c(=O)n2C. The van der Waals surface area contributed by atoms with E-state index in [1.807, 2.05) is 22.8 Å². The molecule has 0 bridgehead atoms. The lowest BCUT2D eigenvalue weighted by Gasteiger charge is -2.21. The van der Waals surface area contributed by atoms with Crippen molar-refractivity contribution >= 4 is 11.2 Å². The van der Waals surface area contributed by atoms with Crippen LogP contribution in [0.5, 0.6) is 0 Å². The van der Waals surface area contributed by atoms with E-state index in [1.165, 1.54) is 17.2 Å². The van der Waals surface area contributed by atoms with Crippen molar-refractivity contribution in [1.29, 1.82) is 0 Å². The van der Waals surface area contributed by atoms with Crippen molar-refractivity contribution in [2.45, 2.75) is 38.9 Å². The molecule has 0 saturated carbocycles. The van der Waals surface area contributed by atoms with E-state index in [1.54, 1.807) is 13.4 Å². The van der Waals surface area contributed by atoms with E-state index in [0.717, 1.165) is 11.0 Å². The standard InChI is InChI=1S/C19H25N5O2/c1-13(10-15-8-6-5-7-9-15)21-14(2)11-24-12-20-17-16(24)18(25)23(4)19(26)22(17)3/h5-9,12-14,21H,10-11H2,1-4H3. The van der Waals surface area contributed by atoms with Gasteiger partial charge < -0.3 is 9.88 Å². The van der Waals surface area contributed by atoms with Gasteiger partial charge in [0.05, 0.1) is 6.33 Å². The van der Waals surface area contributed by atoms with Crippen LogP contribution in [0.25, 0.3) is 11.2 Å². The van der Waals surface area contributed by atoms with Gasteiger partial charge in [-0.1, -0.05) is 30.3 Å². The topological polar surface area (TPSA) is 73.8 Å². The Labute approximate surface area is 151 Å². The van der Waals surface area contributed by atoms with Gasteiger partial charge in [-0.05, 0) is 25.8 Å². The zero-order valence-electron chi connectivity index (χ0n) is 15.6. The summed E-state index contributed by atoms with van der Waals surface area (Å²) < 4.78 is 4.35. The second-order valence-electron chi connectivity index (χ2n) is 6.93. The van der Waals surface area contributed by atoms with Gasteiger partial charge in [0.25, 0.3) is 5.56 Å². The molecule has 2 aromatic heterocycles. The van der Waals surface area contributed by atoms with Crippen molar-refractivity contribution in [2.75, 3.05) is 0 Å². The number of imidazole rings is 1. The molecule has 0 fully saturated rings. The predicted octanol–water partition coefficient (Wildman–Crippen LogP) is 1.04. The van der Waals surface area contributed by atoms with Crippen molar-refractivity contribution in [3.8, 4) is 0 Å². The molecule has 1 N–H and O–H groups in total. The molecule has 1 aromatic carbocycles. The Morgan fingerprint density at radius 2 is 1.73 bits per heavy atom. The fraction of sp³-hybridized carbons (Fsp3) is 0.421. The van der Waals surface area contributed by atoms with E-state index in [4.69, 9.17) is 0 Å². The van der Waals surface area contributed by atoms with E-state index >= 15 is 0 Å². The normalized spacial score (nSPS) is 13.8. The molecule has 0 spiro atoms. The summed E-state index contributed by atoms with van der Waals surface area (Å²) in [6.45, 7) is 4.83. The summed E-state index contributed by atoms with van der Waals surface area (Å²) in [6.07, 6.45) is 2.57. The summed E-state index contributed by atoms with van der Waals surface area (Å²) in [5.74, 6) is 0. The molecule has 2 atom stereocenters. The fourth-order valence-electron chi connectivity index (χ4n) is 3.40. The molecule has 3 rings (SSSR count). The number of aryl methyl sites for hydroxylation is 1. The Morgan fingerprint density at radius 1 is 1.04 bits per heavy atom. The van der Waals surface area contributed by atoms with Gasteiger partial charge in [-0.2, -0.15) is 0 Å². The quantitative estimate of drug-likeness (QED) is 0.717. The van der Waals surface area contributed by atoms with Crippen LogP contribution in [0.15, 0.2) is 46.2 Å². The smallest absolute Gasteiger partial charge is 0.323 e. The number of rotatable bonds is 6. The highest BCUT2D eigenvalue weighted by atomic mass is 16.2. The summed E-state index contributed by atoms with van der Waals surface area (Å²) in [6, 6.07) is 10.8. The van der Waals surface area contributed by atoms with Gasteiger partial charge in [-0.25, -0.2) is 9.78 Å². The first-order valence-corrected chi connectivity index (χ1v) is 8.79. The van der Waals surface area contributed by atoms with Crippen LogP contribution in [0.2, 0.25) is 0 Å². The first-order chi connectivity index (χ1) is 12.4. The number of fused-ring (bicyclic) bond motifs is 1. The van der Waals surface area contributed by atoms with Gasteiger partial charge in [0.1, 0.15) is 0 Å². The number of nitrogens with zero attached hydrogens (tertiary/aromatic N) is 4. The van der Waals surface area contributed by atoms with Crippen molar-refractivity contribution in [3.05, 3.63) is 63.1 Å². The summed E-state index contributed by atoms with van der Waals surface area (Å²) in [5.41, 5.74) is 1.48. The molecule has 0 aliphatic carbocycles. The predicted molar refractivity (Wildman–Crippen MR) is 102 cm³/mol. The molecule has 2 heterocycles. The van der Waals surface area contributed by atoms with E-state index in [2.05, 4.69) is 36.3 Å². The third-order valence-corrected chi connectivity index (χ3v) is 4.64. The van der Waals surface area contributed by atoms with Gasteiger partial charge >= 0.3 is 5.69 Å². The zero-order chi connectivity index (χ0) is 18.8. The lowest BCUT2D eigenvalue weighted by Crippen LogP contribution is -2.40. The van der Waals surface area contributed by atoms with E-state index in [0.29, 0.717) is 23.8 Å². The Kier molecular flexibility index (Phi) is 5.08. The first kappa shape index (κ1) is 18.1. The minimum absolute atomic E-state index is 0.146. The average Bonchev–Trinajstić information content (AvgIpc) is 3.02. The molecule has 0 aliphatic heterocycles. The minimum atomic E-state index is -0.365. The van der Waals surface area contributed by atoms with Crippen LogP contribution in [0.4, 0.5) is 0 Å². The molecule has 7 nitrogen and oxygen atoms in total. The van der Waals surface area contributed by atoms with E-state index < -0.39 is 0 Å². The van der Waals surface area contributed by atoms with Crippen LogP contribution in [0.1, 0.15) is 19.4 Å². The average molecular weight is 355 g/mol. The van der Waals surface area contributed by atoms with Crippen LogP contribution < -0.4 is 16.6 Å². The van der Waals surface area contributed by atoms with Gasteiger partial charge in [0.15, 0.2) is 11.2 Å². The van der Waals surface area contributed by atoms with E-state index in [9.17, 15) is 9.59 Å². The van der Waals surface area contributed by atoms with Gasteiger partial charge in [-0.3, -0.25) is 13.9 Å². The largest absolute Gasteiger partial charge is 0.332 e. The number of aromatic nitrogens is 4. The number of hydrogen-bond donors (Lipinski definition) is 1. The highest BCUT2D eigenvalue weighted by Crippen LogP contribution is 2.08. The van der Waals surface area contributed by atoms with Crippen LogP contribution >= 0.6 is 0 Å². The van der Waals surface area contributed by atoms with Gasteiger partial charge in [0, 0.05) is 32.7 Å². The van der Waals surface area contributed by atoms with E-state index in [-0.39, 0.29) is 17.3 Å². The Hall–Kier alpha value is -2.67.